The van der Waals surface area contributed by atoms with Crippen LogP contribution in [0.15, 0.2) is 18.2 Å². The number of carbonyl (C=O) groups excluding carboxylic acids is 1. The van der Waals surface area contributed by atoms with E-state index in [9.17, 15) is 9.18 Å². The number of ether oxygens (including phenoxy) is 1. The highest BCUT2D eigenvalue weighted by atomic mass is 32.1. The standard InChI is InChI=1S/C14H19FN2O2S/c1-9(2)17(7-6-13(16)20)14(18)11-5-4-10(19-3)8-12(11)15/h4-5,8-9H,6-7H2,1-3H3,(H2,16,20). The molecule has 0 aromatic heterocycles. The molecule has 1 aromatic rings. The summed E-state index contributed by atoms with van der Waals surface area (Å²) in [6, 6.07) is 4.10. The molecule has 0 saturated heterocycles. The molecule has 110 valence electrons. The van der Waals surface area contributed by atoms with E-state index in [4.69, 9.17) is 22.7 Å². The summed E-state index contributed by atoms with van der Waals surface area (Å²) >= 11 is 4.81. The predicted octanol–water partition coefficient (Wildman–Crippen LogP) is 2.36. The molecule has 0 radical (unpaired) electrons. The smallest absolute Gasteiger partial charge is 0.257 e. The number of thiocarbonyl (C=S) groups is 1. The Morgan fingerprint density at radius 2 is 2.15 bits per heavy atom. The van der Waals surface area contributed by atoms with Crippen molar-refractivity contribution in [3.63, 3.8) is 0 Å². The van der Waals surface area contributed by atoms with E-state index >= 15 is 0 Å². The molecule has 2 N–H and O–H groups in total. The van der Waals surface area contributed by atoms with Crippen LogP contribution in [0.3, 0.4) is 0 Å². The molecule has 0 fully saturated rings. The second kappa shape index (κ2) is 7.19. The van der Waals surface area contributed by atoms with E-state index in [2.05, 4.69) is 0 Å². The van der Waals surface area contributed by atoms with Crippen LogP contribution in [0.2, 0.25) is 0 Å². The largest absolute Gasteiger partial charge is 0.497 e. The molecule has 0 spiro atoms. The molecule has 0 aliphatic carbocycles. The third-order valence-corrected chi connectivity index (χ3v) is 3.09. The summed E-state index contributed by atoms with van der Waals surface area (Å²) in [6.45, 7) is 4.09. The van der Waals surface area contributed by atoms with E-state index in [-0.39, 0.29) is 17.5 Å². The Balaban J connectivity index is 2.97. The lowest BCUT2D eigenvalue weighted by molar-refractivity contribution is 0.0707. The molecule has 1 aromatic carbocycles. The van der Waals surface area contributed by atoms with Gasteiger partial charge in [-0.3, -0.25) is 4.79 Å². The lowest BCUT2D eigenvalue weighted by Crippen LogP contribution is -2.39. The third kappa shape index (κ3) is 4.16. The molecule has 0 heterocycles. The first-order valence-corrected chi connectivity index (χ1v) is 6.70. The fraction of sp³-hybridized carbons (Fsp3) is 0.429. The Hall–Kier alpha value is -1.69. The number of rotatable bonds is 6. The van der Waals surface area contributed by atoms with E-state index in [1.165, 1.54) is 19.2 Å². The Morgan fingerprint density at radius 1 is 1.50 bits per heavy atom. The van der Waals surface area contributed by atoms with Crippen LogP contribution in [0.4, 0.5) is 4.39 Å². The van der Waals surface area contributed by atoms with Crippen molar-refractivity contribution in [2.24, 2.45) is 5.73 Å². The highest BCUT2D eigenvalue weighted by Crippen LogP contribution is 2.19. The van der Waals surface area contributed by atoms with Crippen molar-refractivity contribution in [3.8, 4) is 5.75 Å². The predicted molar refractivity (Wildman–Crippen MR) is 80.5 cm³/mol. The molecule has 0 aliphatic rings. The highest BCUT2D eigenvalue weighted by Gasteiger charge is 2.21. The topological polar surface area (TPSA) is 55.6 Å². The van der Waals surface area contributed by atoms with Gasteiger partial charge in [-0.15, -0.1) is 0 Å². The fourth-order valence-corrected chi connectivity index (χ4v) is 1.87. The van der Waals surface area contributed by atoms with Gasteiger partial charge in [-0.05, 0) is 26.0 Å². The molecular weight excluding hydrogens is 279 g/mol. The molecular formula is C14H19FN2O2S. The van der Waals surface area contributed by atoms with Crippen LogP contribution in [0.5, 0.6) is 5.75 Å². The van der Waals surface area contributed by atoms with Crippen molar-refractivity contribution in [2.75, 3.05) is 13.7 Å². The van der Waals surface area contributed by atoms with Gasteiger partial charge in [-0.2, -0.15) is 0 Å². The number of nitrogens with two attached hydrogens (primary N) is 1. The van der Waals surface area contributed by atoms with Gasteiger partial charge in [0.1, 0.15) is 11.6 Å². The minimum Gasteiger partial charge on any atom is -0.497 e. The Morgan fingerprint density at radius 3 is 2.60 bits per heavy atom. The summed E-state index contributed by atoms with van der Waals surface area (Å²) in [4.78, 5) is 14.3. The van der Waals surface area contributed by atoms with E-state index in [0.29, 0.717) is 23.7 Å². The van der Waals surface area contributed by atoms with E-state index in [1.54, 1.807) is 11.0 Å². The summed E-state index contributed by atoms with van der Waals surface area (Å²) in [5.41, 5.74) is 5.47. The quantitative estimate of drug-likeness (QED) is 0.819. The van der Waals surface area contributed by atoms with Gasteiger partial charge in [0.25, 0.3) is 5.91 Å². The maximum atomic E-state index is 13.9. The Bertz CT molecular complexity index is 506. The lowest BCUT2D eigenvalue weighted by atomic mass is 10.1. The maximum Gasteiger partial charge on any atom is 0.257 e. The Labute approximate surface area is 123 Å². The number of halogens is 1. The second-order valence-electron chi connectivity index (χ2n) is 4.65. The van der Waals surface area contributed by atoms with Crippen LogP contribution in [-0.2, 0) is 0 Å². The van der Waals surface area contributed by atoms with Gasteiger partial charge in [-0.1, -0.05) is 12.2 Å². The van der Waals surface area contributed by atoms with E-state index in [1.807, 2.05) is 13.8 Å². The minimum absolute atomic E-state index is 0.0161. The zero-order valence-corrected chi connectivity index (χ0v) is 12.7. The summed E-state index contributed by atoms with van der Waals surface area (Å²) in [6.07, 6.45) is 0.414. The molecule has 0 atom stereocenters. The molecule has 0 aliphatic heterocycles. The van der Waals surface area contributed by atoms with Crippen molar-refractivity contribution < 1.29 is 13.9 Å². The number of benzene rings is 1. The lowest BCUT2D eigenvalue weighted by Gasteiger charge is -2.27. The van der Waals surface area contributed by atoms with Gasteiger partial charge >= 0.3 is 0 Å². The normalized spacial score (nSPS) is 10.4. The van der Waals surface area contributed by atoms with Crippen molar-refractivity contribution in [3.05, 3.63) is 29.6 Å². The van der Waals surface area contributed by atoms with Crippen molar-refractivity contribution >= 4 is 23.1 Å². The maximum absolute atomic E-state index is 13.9. The SMILES string of the molecule is COc1ccc(C(=O)N(CCC(N)=S)C(C)C)c(F)c1. The number of nitrogens with zero attached hydrogens (tertiary/aromatic N) is 1. The van der Waals surface area contributed by atoms with Crippen LogP contribution in [0.25, 0.3) is 0 Å². The molecule has 1 rings (SSSR count). The van der Waals surface area contributed by atoms with E-state index in [0.717, 1.165) is 0 Å². The fourth-order valence-electron chi connectivity index (χ4n) is 1.78. The van der Waals surface area contributed by atoms with Gasteiger partial charge in [-0.25, -0.2) is 4.39 Å². The van der Waals surface area contributed by atoms with Gasteiger partial charge in [0.15, 0.2) is 0 Å². The number of amides is 1. The first-order valence-electron chi connectivity index (χ1n) is 6.29. The molecule has 1 amide bonds. The third-order valence-electron chi connectivity index (χ3n) is 2.89. The van der Waals surface area contributed by atoms with E-state index < -0.39 is 5.82 Å². The molecule has 4 nitrogen and oxygen atoms in total. The summed E-state index contributed by atoms with van der Waals surface area (Å²) in [5.74, 6) is -0.606. The van der Waals surface area contributed by atoms with Crippen LogP contribution < -0.4 is 10.5 Å². The summed E-state index contributed by atoms with van der Waals surface area (Å²) < 4.78 is 18.9. The average Bonchev–Trinajstić information content (AvgIpc) is 2.37. The number of hydrogen-bond donors (Lipinski definition) is 1. The van der Waals surface area contributed by atoms with Gasteiger partial charge in [0.05, 0.1) is 17.7 Å². The monoisotopic (exact) mass is 298 g/mol. The molecule has 6 heteroatoms. The van der Waals surface area contributed by atoms with Gasteiger partial charge in [0.2, 0.25) is 0 Å². The van der Waals surface area contributed by atoms with Crippen LogP contribution in [0.1, 0.15) is 30.6 Å². The molecule has 0 saturated carbocycles. The zero-order chi connectivity index (χ0) is 15.3. The van der Waals surface area contributed by atoms with Crippen LogP contribution in [0, 0.1) is 5.82 Å². The average molecular weight is 298 g/mol. The van der Waals surface area contributed by atoms with Crippen LogP contribution in [-0.4, -0.2) is 35.5 Å². The number of hydrogen-bond acceptors (Lipinski definition) is 3. The van der Waals surface area contributed by atoms with Crippen molar-refractivity contribution in [2.45, 2.75) is 26.3 Å². The summed E-state index contributed by atoms with van der Waals surface area (Å²) in [7, 11) is 1.44. The first-order chi connectivity index (χ1) is 9.36. The first kappa shape index (κ1) is 16.4. The molecule has 0 unspecified atom stereocenters. The molecule has 20 heavy (non-hydrogen) atoms. The van der Waals surface area contributed by atoms with Crippen molar-refractivity contribution in [1.29, 1.82) is 0 Å². The van der Waals surface area contributed by atoms with Gasteiger partial charge in [0, 0.05) is 25.1 Å². The minimum atomic E-state index is -0.602. The van der Waals surface area contributed by atoms with Crippen LogP contribution >= 0.6 is 12.2 Å². The molecule has 0 bridgehead atoms. The van der Waals surface area contributed by atoms with Crippen molar-refractivity contribution in [1.82, 2.24) is 4.90 Å². The summed E-state index contributed by atoms with van der Waals surface area (Å²) in [5, 5.41) is 0. The second-order valence-corrected chi connectivity index (χ2v) is 5.18. The zero-order valence-electron chi connectivity index (χ0n) is 11.9. The Kier molecular flexibility index (Phi) is 5.88. The number of methoxy groups -OCH3 is 1. The van der Waals surface area contributed by atoms with Gasteiger partial charge < -0.3 is 15.4 Å². The number of carbonyl (C=O) groups is 1. The highest BCUT2D eigenvalue weighted by molar-refractivity contribution is 7.80.